The van der Waals surface area contributed by atoms with Gasteiger partial charge in [-0.05, 0) is 50.3 Å². The smallest absolute Gasteiger partial charge is 0.250 e. The molecule has 3 rings (SSSR count). The molecule has 0 radical (unpaired) electrons. The molecule has 6 nitrogen and oxygen atoms in total. The number of carbonyl (C=O) groups is 2. The van der Waals surface area contributed by atoms with Gasteiger partial charge in [-0.25, -0.2) is 4.68 Å². The molecular formula is C21H19ClN4O2. The van der Waals surface area contributed by atoms with Crippen molar-refractivity contribution >= 4 is 35.2 Å². The maximum absolute atomic E-state index is 12.3. The van der Waals surface area contributed by atoms with E-state index < -0.39 is 5.91 Å². The number of aryl methyl sites for hydroxylation is 1. The predicted molar refractivity (Wildman–Crippen MR) is 111 cm³/mol. The van der Waals surface area contributed by atoms with Gasteiger partial charge in [0.1, 0.15) is 0 Å². The highest BCUT2D eigenvalue weighted by Gasteiger charge is 2.11. The summed E-state index contributed by atoms with van der Waals surface area (Å²) in [6.07, 6.45) is 3.16. The zero-order valence-electron chi connectivity index (χ0n) is 15.4. The largest absolute Gasteiger partial charge is 0.366 e. The third-order valence-corrected chi connectivity index (χ3v) is 4.56. The van der Waals surface area contributed by atoms with Crippen LogP contribution in [0.3, 0.4) is 0 Å². The number of nitrogens with one attached hydrogen (secondary N) is 1. The van der Waals surface area contributed by atoms with E-state index in [0.29, 0.717) is 5.69 Å². The summed E-state index contributed by atoms with van der Waals surface area (Å²) in [5, 5.41) is 7.44. The van der Waals surface area contributed by atoms with Crippen LogP contribution < -0.4 is 11.1 Å². The molecule has 3 N–H and O–H groups in total. The van der Waals surface area contributed by atoms with Crippen molar-refractivity contribution in [3.05, 3.63) is 82.1 Å². The number of amides is 2. The fourth-order valence-electron chi connectivity index (χ4n) is 2.85. The molecule has 0 bridgehead atoms. The van der Waals surface area contributed by atoms with Crippen LogP contribution in [0.25, 0.3) is 11.8 Å². The number of primary amides is 1. The Hall–Kier alpha value is -3.38. The van der Waals surface area contributed by atoms with Gasteiger partial charge in [-0.3, -0.25) is 9.59 Å². The van der Waals surface area contributed by atoms with Crippen molar-refractivity contribution in [3.63, 3.8) is 0 Å². The van der Waals surface area contributed by atoms with Crippen LogP contribution >= 0.6 is 11.6 Å². The van der Waals surface area contributed by atoms with Crippen molar-refractivity contribution in [1.82, 2.24) is 9.78 Å². The van der Waals surface area contributed by atoms with Crippen LogP contribution in [0.4, 0.5) is 5.69 Å². The van der Waals surface area contributed by atoms with Crippen molar-refractivity contribution in [2.75, 3.05) is 5.32 Å². The lowest BCUT2D eigenvalue weighted by Crippen LogP contribution is -2.12. The highest BCUT2D eigenvalue weighted by atomic mass is 35.5. The van der Waals surface area contributed by atoms with E-state index in [1.807, 2.05) is 48.9 Å². The first-order valence-electron chi connectivity index (χ1n) is 8.57. The van der Waals surface area contributed by atoms with Gasteiger partial charge in [0.2, 0.25) is 11.8 Å². The van der Waals surface area contributed by atoms with Gasteiger partial charge in [-0.2, -0.15) is 5.10 Å². The average Bonchev–Trinajstić information content (AvgIpc) is 2.94. The van der Waals surface area contributed by atoms with Gasteiger partial charge in [-0.1, -0.05) is 29.8 Å². The highest BCUT2D eigenvalue weighted by molar-refractivity contribution is 6.34. The highest BCUT2D eigenvalue weighted by Crippen LogP contribution is 2.21. The first kappa shape index (κ1) is 19.4. The van der Waals surface area contributed by atoms with Crippen LogP contribution in [0.2, 0.25) is 5.02 Å². The minimum Gasteiger partial charge on any atom is -0.366 e. The number of hydrogen-bond acceptors (Lipinski definition) is 3. The second-order valence-corrected chi connectivity index (χ2v) is 6.62. The number of halogens is 1. The zero-order valence-corrected chi connectivity index (χ0v) is 16.2. The van der Waals surface area contributed by atoms with Crippen LogP contribution in [-0.2, 0) is 4.79 Å². The number of hydrogen-bond donors (Lipinski definition) is 2. The zero-order chi connectivity index (χ0) is 20.3. The summed E-state index contributed by atoms with van der Waals surface area (Å²) in [6, 6.07) is 14.3. The molecule has 28 heavy (non-hydrogen) atoms. The first-order chi connectivity index (χ1) is 13.4. The van der Waals surface area contributed by atoms with Gasteiger partial charge in [0.05, 0.1) is 22.0 Å². The Bertz CT molecular complexity index is 1070. The lowest BCUT2D eigenvalue weighted by molar-refractivity contribution is -0.111. The molecule has 0 aliphatic heterocycles. The second-order valence-electron chi connectivity index (χ2n) is 6.21. The van der Waals surface area contributed by atoms with E-state index in [1.165, 1.54) is 18.2 Å². The summed E-state index contributed by atoms with van der Waals surface area (Å²) < 4.78 is 1.84. The van der Waals surface area contributed by atoms with Gasteiger partial charge in [0.25, 0.3) is 0 Å². The van der Waals surface area contributed by atoms with E-state index >= 15 is 0 Å². The fourth-order valence-corrected chi connectivity index (χ4v) is 3.13. The number of nitrogens with two attached hydrogens (primary N) is 1. The minimum atomic E-state index is -0.621. The molecular weight excluding hydrogens is 376 g/mol. The molecule has 0 fully saturated rings. The summed E-state index contributed by atoms with van der Waals surface area (Å²) in [4.78, 5) is 23.5. The normalized spacial score (nSPS) is 11.0. The maximum atomic E-state index is 12.3. The molecule has 0 aliphatic rings. The molecule has 3 aromatic rings. The van der Waals surface area contributed by atoms with Crippen LogP contribution in [0.5, 0.6) is 0 Å². The molecule has 1 heterocycles. The second kappa shape index (κ2) is 8.10. The number of aromatic nitrogens is 2. The van der Waals surface area contributed by atoms with Crippen molar-refractivity contribution in [2.24, 2.45) is 5.73 Å². The number of nitrogens with zero attached hydrogens (tertiary/aromatic N) is 2. The molecule has 0 spiro atoms. The number of rotatable bonds is 5. The summed E-state index contributed by atoms with van der Waals surface area (Å²) in [5.41, 5.74) is 9.48. The van der Waals surface area contributed by atoms with Crippen LogP contribution in [0.1, 0.15) is 27.3 Å². The van der Waals surface area contributed by atoms with Crippen molar-refractivity contribution < 1.29 is 9.59 Å². The van der Waals surface area contributed by atoms with Gasteiger partial charge in [0, 0.05) is 23.0 Å². The third-order valence-electron chi connectivity index (χ3n) is 4.25. The number of benzene rings is 2. The summed E-state index contributed by atoms with van der Waals surface area (Å²) in [6.45, 7) is 3.85. The Morgan fingerprint density at radius 1 is 1.14 bits per heavy atom. The fraction of sp³-hybridized carbons (Fsp3) is 0.0952. The summed E-state index contributed by atoms with van der Waals surface area (Å²) in [5.74, 6) is -0.946. The van der Waals surface area contributed by atoms with Gasteiger partial charge < -0.3 is 11.1 Å². The Morgan fingerprint density at radius 3 is 2.50 bits per heavy atom. The standard InChI is InChI=1S/C21H19ClN4O2/c1-13-17(14(2)26(25-13)16-6-4-3-5-7-16)10-11-20(27)24-15-8-9-18(21(23)28)19(22)12-15/h3-12H,1-2H3,(H2,23,28)(H,24,27)/b11-10+. The van der Waals surface area contributed by atoms with Crippen molar-refractivity contribution in [3.8, 4) is 5.69 Å². The predicted octanol–water partition coefficient (Wildman–Crippen LogP) is 3.89. The molecule has 142 valence electrons. The topological polar surface area (TPSA) is 90.0 Å². The number of anilines is 1. The minimum absolute atomic E-state index is 0.185. The molecule has 0 atom stereocenters. The van der Waals surface area contributed by atoms with E-state index in [9.17, 15) is 9.59 Å². The van der Waals surface area contributed by atoms with E-state index in [-0.39, 0.29) is 16.5 Å². The number of para-hydroxylation sites is 1. The Kier molecular flexibility index (Phi) is 5.61. The summed E-state index contributed by atoms with van der Waals surface area (Å²) in [7, 11) is 0. The van der Waals surface area contributed by atoms with E-state index in [4.69, 9.17) is 17.3 Å². The Morgan fingerprint density at radius 2 is 1.86 bits per heavy atom. The molecule has 0 saturated heterocycles. The monoisotopic (exact) mass is 394 g/mol. The molecule has 2 aromatic carbocycles. The van der Waals surface area contributed by atoms with Gasteiger partial charge >= 0.3 is 0 Å². The SMILES string of the molecule is Cc1nn(-c2ccccc2)c(C)c1/C=C/C(=O)Nc1ccc(C(N)=O)c(Cl)c1. The molecule has 0 aliphatic carbocycles. The third kappa shape index (κ3) is 4.13. The molecule has 7 heteroatoms. The van der Waals surface area contributed by atoms with Crippen molar-refractivity contribution in [2.45, 2.75) is 13.8 Å². The molecule has 0 unspecified atom stereocenters. The van der Waals surface area contributed by atoms with Crippen LogP contribution in [-0.4, -0.2) is 21.6 Å². The first-order valence-corrected chi connectivity index (χ1v) is 8.94. The Labute approximate surface area is 167 Å². The average molecular weight is 395 g/mol. The van der Waals surface area contributed by atoms with E-state index in [2.05, 4.69) is 10.4 Å². The lowest BCUT2D eigenvalue weighted by atomic mass is 10.1. The lowest BCUT2D eigenvalue weighted by Gasteiger charge is -2.05. The van der Waals surface area contributed by atoms with E-state index in [1.54, 1.807) is 12.1 Å². The van der Waals surface area contributed by atoms with Crippen LogP contribution in [0.15, 0.2) is 54.6 Å². The quantitative estimate of drug-likeness (QED) is 0.643. The summed E-state index contributed by atoms with van der Waals surface area (Å²) >= 11 is 6.00. The molecule has 2 amide bonds. The van der Waals surface area contributed by atoms with Gasteiger partial charge in [-0.15, -0.1) is 0 Å². The number of carbonyl (C=O) groups excluding carboxylic acids is 2. The maximum Gasteiger partial charge on any atom is 0.250 e. The van der Waals surface area contributed by atoms with Crippen molar-refractivity contribution in [1.29, 1.82) is 0 Å². The van der Waals surface area contributed by atoms with Crippen LogP contribution in [0, 0.1) is 13.8 Å². The molecule has 1 aromatic heterocycles. The Balaban J connectivity index is 1.77. The van der Waals surface area contributed by atoms with E-state index in [0.717, 1.165) is 22.6 Å². The molecule has 0 saturated carbocycles. The van der Waals surface area contributed by atoms with Gasteiger partial charge in [0.15, 0.2) is 0 Å².